The molecule has 1 N–H and O–H groups in total. The van der Waals surface area contributed by atoms with E-state index in [4.69, 9.17) is 11.6 Å². The first-order valence-corrected chi connectivity index (χ1v) is 6.01. The van der Waals surface area contributed by atoms with Crippen LogP contribution in [0.5, 0.6) is 0 Å². The average Bonchev–Trinajstić information content (AvgIpc) is 2.32. The number of halogens is 1. The molecule has 1 aliphatic rings. The van der Waals surface area contributed by atoms with Crippen LogP contribution in [0, 0.1) is 0 Å². The molecule has 0 radical (unpaired) electrons. The Labute approximate surface area is 105 Å². The first-order chi connectivity index (χ1) is 8.15. The molecule has 0 saturated carbocycles. The number of rotatable bonds is 2. The van der Waals surface area contributed by atoms with Crippen molar-refractivity contribution in [3.8, 4) is 0 Å². The number of aromatic nitrogens is 2. The van der Waals surface area contributed by atoms with Gasteiger partial charge in [-0.15, -0.1) is 0 Å². The molecule has 0 aromatic carbocycles. The van der Waals surface area contributed by atoms with Gasteiger partial charge in [-0.05, 0) is 50.6 Å². The topological polar surface area (TPSA) is 58.1 Å². The van der Waals surface area contributed by atoms with E-state index in [1.165, 1.54) is 6.20 Å². The van der Waals surface area contributed by atoms with Gasteiger partial charge >= 0.3 is 0 Å². The zero-order chi connectivity index (χ0) is 12.3. The Morgan fingerprint density at radius 1 is 1.53 bits per heavy atom. The minimum atomic E-state index is -0.177. The summed E-state index contributed by atoms with van der Waals surface area (Å²) in [6.45, 7) is 2.02. The van der Waals surface area contributed by atoms with Crippen molar-refractivity contribution in [3.63, 3.8) is 0 Å². The maximum Gasteiger partial charge on any atom is 0.270 e. The van der Waals surface area contributed by atoms with Crippen LogP contribution in [0.25, 0.3) is 0 Å². The van der Waals surface area contributed by atoms with Gasteiger partial charge in [0, 0.05) is 12.2 Å². The predicted octanol–water partition coefficient (Wildman–Crippen LogP) is 0.954. The Morgan fingerprint density at radius 2 is 2.24 bits per heavy atom. The summed E-state index contributed by atoms with van der Waals surface area (Å²) in [5.41, 5.74) is 0.323. The summed E-state index contributed by atoms with van der Waals surface area (Å²) in [5, 5.41) is 3.07. The molecule has 0 spiro atoms. The predicted molar refractivity (Wildman–Crippen MR) is 65.0 cm³/mol. The van der Waals surface area contributed by atoms with E-state index in [0.29, 0.717) is 5.69 Å². The number of nitrogens with one attached hydrogen (secondary N) is 1. The lowest BCUT2D eigenvalue weighted by atomic mass is 10.1. The van der Waals surface area contributed by atoms with Crippen molar-refractivity contribution in [1.82, 2.24) is 20.2 Å². The van der Waals surface area contributed by atoms with Crippen LogP contribution in [0.2, 0.25) is 5.28 Å². The van der Waals surface area contributed by atoms with Gasteiger partial charge in [-0.25, -0.2) is 9.97 Å². The third kappa shape index (κ3) is 3.38. The number of hydrogen-bond donors (Lipinski definition) is 1. The molecule has 5 nitrogen and oxygen atoms in total. The van der Waals surface area contributed by atoms with Crippen LogP contribution in [-0.2, 0) is 0 Å². The summed E-state index contributed by atoms with van der Waals surface area (Å²) in [5.74, 6) is -0.177. The van der Waals surface area contributed by atoms with E-state index < -0.39 is 0 Å². The molecular formula is C11H15ClN4O. The number of hydrogen-bond acceptors (Lipinski definition) is 4. The van der Waals surface area contributed by atoms with Crippen molar-refractivity contribution in [2.75, 3.05) is 20.1 Å². The Bertz CT molecular complexity index is 404. The van der Waals surface area contributed by atoms with Gasteiger partial charge in [0.1, 0.15) is 5.69 Å². The van der Waals surface area contributed by atoms with Crippen molar-refractivity contribution >= 4 is 17.5 Å². The molecule has 0 atom stereocenters. The zero-order valence-corrected chi connectivity index (χ0v) is 10.4. The van der Waals surface area contributed by atoms with E-state index >= 15 is 0 Å². The highest BCUT2D eigenvalue weighted by Gasteiger charge is 2.19. The molecular weight excluding hydrogens is 240 g/mol. The van der Waals surface area contributed by atoms with Gasteiger partial charge in [0.05, 0.1) is 0 Å². The smallest absolute Gasteiger partial charge is 0.270 e. The van der Waals surface area contributed by atoms with E-state index in [9.17, 15) is 4.79 Å². The summed E-state index contributed by atoms with van der Waals surface area (Å²) in [7, 11) is 2.09. The molecule has 2 rings (SSSR count). The van der Waals surface area contributed by atoms with Crippen molar-refractivity contribution < 1.29 is 4.79 Å². The normalized spacial score (nSPS) is 18.0. The average molecular weight is 255 g/mol. The maximum absolute atomic E-state index is 11.9. The number of amides is 1. The number of nitrogens with zero attached hydrogens (tertiary/aromatic N) is 3. The highest BCUT2D eigenvalue weighted by atomic mass is 35.5. The van der Waals surface area contributed by atoms with Gasteiger partial charge in [0.25, 0.3) is 5.91 Å². The minimum Gasteiger partial charge on any atom is -0.348 e. The largest absolute Gasteiger partial charge is 0.348 e. The standard InChI is InChI=1S/C11H15ClN4O/c1-16-6-3-8(4-7-16)14-10(17)9-2-5-13-11(12)15-9/h2,5,8H,3-4,6-7H2,1H3,(H,14,17). The Kier molecular flexibility index (Phi) is 3.91. The molecule has 1 aromatic rings. The maximum atomic E-state index is 11.9. The van der Waals surface area contributed by atoms with Crippen molar-refractivity contribution in [3.05, 3.63) is 23.2 Å². The quantitative estimate of drug-likeness (QED) is 0.799. The van der Waals surface area contributed by atoms with E-state index in [-0.39, 0.29) is 17.2 Å². The van der Waals surface area contributed by atoms with Gasteiger partial charge < -0.3 is 10.2 Å². The first-order valence-electron chi connectivity index (χ1n) is 5.63. The second-order valence-electron chi connectivity index (χ2n) is 4.26. The molecule has 17 heavy (non-hydrogen) atoms. The van der Waals surface area contributed by atoms with Gasteiger partial charge in [-0.2, -0.15) is 0 Å². The third-order valence-electron chi connectivity index (χ3n) is 2.91. The van der Waals surface area contributed by atoms with Crippen LogP contribution >= 0.6 is 11.6 Å². The molecule has 1 aromatic heterocycles. The highest BCUT2D eigenvalue weighted by Crippen LogP contribution is 2.09. The summed E-state index contributed by atoms with van der Waals surface area (Å²) >= 11 is 5.64. The van der Waals surface area contributed by atoms with Gasteiger partial charge in [0.15, 0.2) is 0 Å². The fourth-order valence-electron chi connectivity index (χ4n) is 1.87. The number of piperidine rings is 1. The van der Waals surface area contributed by atoms with Crippen LogP contribution in [0.1, 0.15) is 23.3 Å². The molecule has 1 saturated heterocycles. The lowest BCUT2D eigenvalue weighted by Gasteiger charge is -2.29. The van der Waals surface area contributed by atoms with E-state index in [1.54, 1.807) is 6.07 Å². The van der Waals surface area contributed by atoms with Crippen LogP contribution in [0.3, 0.4) is 0 Å². The molecule has 1 aliphatic heterocycles. The van der Waals surface area contributed by atoms with Crippen LogP contribution < -0.4 is 5.32 Å². The summed E-state index contributed by atoms with van der Waals surface area (Å²) < 4.78 is 0. The van der Waals surface area contributed by atoms with Crippen LogP contribution in [-0.4, -0.2) is 47.0 Å². The Hall–Kier alpha value is -1.20. The fraction of sp³-hybridized carbons (Fsp3) is 0.545. The van der Waals surface area contributed by atoms with Crippen LogP contribution in [0.15, 0.2) is 12.3 Å². The van der Waals surface area contributed by atoms with Crippen molar-refractivity contribution in [1.29, 1.82) is 0 Å². The fourth-order valence-corrected chi connectivity index (χ4v) is 2.02. The second-order valence-corrected chi connectivity index (χ2v) is 4.60. The molecule has 0 unspecified atom stereocenters. The van der Waals surface area contributed by atoms with Gasteiger partial charge in [-0.3, -0.25) is 4.79 Å². The van der Waals surface area contributed by atoms with Crippen molar-refractivity contribution in [2.24, 2.45) is 0 Å². The molecule has 1 fully saturated rings. The highest BCUT2D eigenvalue weighted by molar-refractivity contribution is 6.28. The molecule has 1 amide bonds. The van der Waals surface area contributed by atoms with Crippen LogP contribution in [0.4, 0.5) is 0 Å². The molecule has 2 heterocycles. The number of carbonyl (C=O) groups is 1. The monoisotopic (exact) mass is 254 g/mol. The molecule has 92 valence electrons. The SMILES string of the molecule is CN1CCC(NC(=O)c2ccnc(Cl)n2)CC1. The number of likely N-dealkylation sites (tertiary alicyclic amines) is 1. The van der Waals surface area contributed by atoms with E-state index in [0.717, 1.165) is 25.9 Å². The summed E-state index contributed by atoms with van der Waals surface area (Å²) in [4.78, 5) is 21.8. The van der Waals surface area contributed by atoms with Crippen molar-refractivity contribution in [2.45, 2.75) is 18.9 Å². The van der Waals surface area contributed by atoms with Gasteiger partial charge in [-0.1, -0.05) is 0 Å². The minimum absolute atomic E-state index is 0.0982. The third-order valence-corrected chi connectivity index (χ3v) is 3.09. The molecule has 6 heteroatoms. The van der Waals surface area contributed by atoms with E-state index in [1.807, 2.05) is 0 Å². The second kappa shape index (κ2) is 5.42. The molecule has 0 aliphatic carbocycles. The lowest BCUT2D eigenvalue weighted by molar-refractivity contribution is 0.0911. The summed E-state index contributed by atoms with van der Waals surface area (Å²) in [6, 6.07) is 1.79. The molecule has 0 bridgehead atoms. The van der Waals surface area contributed by atoms with Gasteiger partial charge in [0.2, 0.25) is 5.28 Å². The number of carbonyl (C=O) groups excluding carboxylic acids is 1. The lowest BCUT2D eigenvalue weighted by Crippen LogP contribution is -2.43. The zero-order valence-electron chi connectivity index (χ0n) is 9.69. The Morgan fingerprint density at radius 3 is 2.88 bits per heavy atom. The summed E-state index contributed by atoms with van der Waals surface area (Å²) in [6.07, 6.45) is 3.43. The Balaban J connectivity index is 1.93. The van der Waals surface area contributed by atoms with E-state index in [2.05, 4.69) is 27.2 Å². The first kappa shape index (κ1) is 12.3.